The number of ketones is 1. The maximum atomic E-state index is 12.9. The van der Waals surface area contributed by atoms with Crippen LogP contribution in [0.25, 0.3) is 10.8 Å². The van der Waals surface area contributed by atoms with Crippen molar-refractivity contribution < 1.29 is 27.9 Å². The van der Waals surface area contributed by atoms with E-state index in [2.05, 4.69) is 70.8 Å². The number of allylic oxidation sites excluding steroid dienone is 1. The van der Waals surface area contributed by atoms with Crippen molar-refractivity contribution in [3.63, 3.8) is 0 Å². The van der Waals surface area contributed by atoms with Crippen LogP contribution in [0.3, 0.4) is 0 Å². The fourth-order valence-electron chi connectivity index (χ4n) is 4.22. The number of alkyl halides is 3. The van der Waals surface area contributed by atoms with Gasteiger partial charge in [-0.1, -0.05) is 42.5 Å². The molecule has 0 spiro atoms. The number of carboxylic acids is 1. The summed E-state index contributed by atoms with van der Waals surface area (Å²) in [4.78, 5) is 27.4. The minimum atomic E-state index is -5.08. The third-order valence-corrected chi connectivity index (χ3v) is 5.90. The fourth-order valence-corrected chi connectivity index (χ4v) is 4.22. The summed E-state index contributed by atoms with van der Waals surface area (Å²) in [6.45, 7) is 1.65. The first-order chi connectivity index (χ1) is 15.7. The van der Waals surface area contributed by atoms with Crippen LogP contribution in [0.4, 0.5) is 13.2 Å². The summed E-state index contributed by atoms with van der Waals surface area (Å²) in [5, 5.41) is 13.0. The summed E-state index contributed by atoms with van der Waals surface area (Å²) in [6, 6.07) is 14.8. The monoisotopic (exact) mass is 457 g/mol. The zero-order valence-corrected chi connectivity index (χ0v) is 17.7. The minimum Gasteiger partial charge on any atom is -0.475 e. The van der Waals surface area contributed by atoms with Crippen LogP contribution < -0.4 is 5.32 Å². The number of aromatic nitrogens is 1. The minimum absolute atomic E-state index is 0.0676. The molecule has 1 aliphatic carbocycles. The van der Waals surface area contributed by atoms with Crippen LogP contribution in [0, 0.1) is 0 Å². The summed E-state index contributed by atoms with van der Waals surface area (Å²) < 4.78 is 31.7. The number of carbonyl (C=O) groups is 2. The number of rotatable bonds is 3. The molecule has 0 saturated carbocycles. The SMILES string of the molecule is CN1CCc2c[nH]c3c2C1C=C(NCc1cccc2ccccc12)C3=O.O=C(O)C(F)(F)F. The first-order valence-corrected chi connectivity index (χ1v) is 10.3. The predicted molar refractivity (Wildman–Crippen MR) is 117 cm³/mol. The van der Waals surface area contributed by atoms with Crippen LogP contribution in [0.5, 0.6) is 0 Å². The Hall–Kier alpha value is -3.59. The van der Waals surface area contributed by atoms with E-state index in [0.717, 1.165) is 18.7 Å². The van der Waals surface area contributed by atoms with Crippen molar-refractivity contribution >= 4 is 22.5 Å². The van der Waals surface area contributed by atoms with Gasteiger partial charge in [-0.25, -0.2) is 4.79 Å². The lowest BCUT2D eigenvalue weighted by Gasteiger charge is -2.34. The van der Waals surface area contributed by atoms with Gasteiger partial charge in [0, 0.05) is 24.8 Å². The van der Waals surface area contributed by atoms with Crippen LogP contribution >= 0.6 is 0 Å². The van der Waals surface area contributed by atoms with Crippen LogP contribution in [-0.4, -0.2) is 46.5 Å². The summed E-state index contributed by atoms with van der Waals surface area (Å²) in [5.41, 5.74) is 5.09. The van der Waals surface area contributed by atoms with Crippen LogP contribution in [-0.2, 0) is 17.8 Å². The first-order valence-electron chi connectivity index (χ1n) is 10.3. The van der Waals surface area contributed by atoms with Gasteiger partial charge in [0.05, 0.1) is 17.4 Å². The van der Waals surface area contributed by atoms with Gasteiger partial charge in [-0.3, -0.25) is 9.69 Å². The summed E-state index contributed by atoms with van der Waals surface area (Å²) in [7, 11) is 2.12. The molecular weight excluding hydrogens is 435 g/mol. The Bertz CT molecular complexity index is 1240. The summed E-state index contributed by atoms with van der Waals surface area (Å²) in [6.07, 6.45) is 0.00900. The molecular formula is C24H22F3N3O3. The molecule has 6 nitrogen and oxygen atoms in total. The number of nitrogens with zero attached hydrogens (tertiary/aromatic N) is 1. The molecule has 5 rings (SSSR count). The number of nitrogens with one attached hydrogen (secondary N) is 2. The molecule has 2 heterocycles. The van der Waals surface area contributed by atoms with E-state index in [1.165, 1.54) is 27.5 Å². The molecule has 9 heteroatoms. The van der Waals surface area contributed by atoms with Gasteiger partial charge in [0.15, 0.2) is 0 Å². The average molecular weight is 457 g/mol. The molecule has 172 valence electrons. The largest absolute Gasteiger partial charge is 0.490 e. The topological polar surface area (TPSA) is 85.4 Å². The average Bonchev–Trinajstić information content (AvgIpc) is 3.22. The third kappa shape index (κ3) is 4.49. The number of benzene rings is 2. The van der Waals surface area contributed by atoms with E-state index < -0.39 is 12.1 Å². The highest BCUT2D eigenvalue weighted by molar-refractivity contribution is 6.09. The highest BCUT2D eigenvalue weighted by Crippen LogP contribution is 2.37. The molecule has 0 bridgehead atoms. The Balaban J connectivity index is 0.000000325. The third-order valence-electron chi connectivity index (χ3n) is 5.90. The normalized spacial score (nSPS) is 17.6. The number of halogens is 3. The van der Waals surface area contributed by atoms with Gasteiger partial charge < -0.3 is 15.4 Å². The smallest absolute Gasteiger partial charge is 0.475 e. The van der Waals surface area contributed by atoms with E-state index in [0.29, 0.717) is 12.2 Å². The van der Waals surface area contributed by atoms with E-state index in [9.17, 15) is 18.0 Å². The molecule has 0 radical (unpaired) electrons. The zero-order valence-electron chi connectivity index (χ0n) is 17.7. The number of H-pyrrole nitrogens is 1. The number of Topliss-reactive ketones (excluding diaryl/α,β-unsaturated/α-hetero) is 1. The molecule has 0 saturated heterocycles. The van der Waals surface area contributed by atoms with Crippen molar-refractivity contribution in [2.45, 2.75) is 25.2 Å². The van der Waals surface area contributed by atoms with Gasteiger partial charge in [0.25, 0.3) is 0 Å². The van der Waals surface area contributed by atoms with Crippen molar-refractivity contribution in [3.8, 4) is 0 Å². The molecule has 2 aliphatic rings. The van der Waals surface area contributed by atoms with Crippen molar-refractivity contribution in [1.29, 1.82) is 0 Å². The lowest BCUT2D eigenvalue weighted by molar-refractivity contribution is -0.192. The molecule has 3 N–H and O–H groups in total. The molecule has 1 unspecified atom stereocenters. The number of hydrogen-bond donors (Lipinski definition) is 3. The van der Waals surface area contributed by atoms with Crippen LogP contribution in [0.2, 0.25) is 0 Å². The van der Waals surface area contributed by atoms with E-state index in [-0.39, 0.29) is 11.8 Å². The van der Waals surface area contributed by atoms with Gasteiger partial charge in [0.2, 0.25) is 5.78 Å². The molecule has 33 heavy (non-hydrogen) atoms. The molecule has 1 atom stereocenters. The quantitative estimate of drug-likeness (QED) is 0.549. The number of carbonyl (C=O) groups excluding carboxylic acids is 1. The summed E-state index contributed by atoms with van der Waals surface area (Å²) >= 11 is 0. The molecule has 3 aromatic rings. The van der Waals surface area contributed by atoms with E-state index in [4.69, 9.17) is 9.90 Å². The molecule has 0 fully saturated rings. The van der Waals surface area contributed by atoms with Gasteiger partial charge in [-0.2, -0.15) is 13.2 Å². The maximum Gasteiger partial charge on any atom is 0.490 e. The second-order valence-corrected chi connectivity index (χ2v) is 7.98. The molecule has 2 aromatic carbocycles. The zero-order chi connectivity index (χ0) is 23.8. The van der Waals surface area contributed by atoms with Crippen molar-refractivity contribution in [2.75, 3.05) is 13.6 Å². The fraction of sp³-hybridized carbons (Fsp3) is 0.250. The number of carboxylic acid groups (broad SMARTS) is 1. The second-order valence-electron chi connectivity index (χ2n) is 7.98. The number of likely N-dealkylation sites (N-methyl/N-ethyl adjacent to an activating group) is 1. The van der Waals surface area contributed by atoms with Gasteiger partial charge in [-0.15, -0.1) is 0 Å². The standard InChI is InChI=1S/C22H21N3O.C2HF3O2/c1-25-10-9-16-13-24-21-20(16)19(25)11-18(22(21)26)23-12-15-7-4-6-14-5-2-3-8-17(14)15;3-2(4,5)1(6)7/h2-8,11,13,19,23-24H,9-10,12H2,1H3;(H,6,7). The number of aliphatic carboxylic acids is 1. The Morgan fingerprint density at radius 3 is 2.64 bits per heavy atom. The van der Waals surface area contributed by atoms with Crippen molar-refractivity contribution in [3.05, 3.63) is 82.8 Å². The lowest BCUT2D eigenvalue weighted by atomic mass is 9.88. The second kappa shape index (κ2) is 8.74. The highest BCUT2D eigenvalue weighted by atomic mass is 19.4. The molecule has 0 amide bonds. The van der Waals surface area contributed by atoms with E-state index in [1.807, 2.05) is 6.20 Å². The van der Waals surface area contributed by atoms with Gasteiger partial charge >= 0.3 is 12.1 Å². The lowest BCUT2D eigenvalue weighted by Crippen LogP contribution is -2.36. The van der Waals surface area contributed by atoms with Gasteiger partial charge in [0.1, 0.15) is 0 Å². The first kappa shape index (κ1) is 22.6. The maximum absolute atomic E-state index is 12.9. The van der Waals surface area contributed by atoms with Gasteiger partial charge in [-0.05, 0) is 41.4 Å². The number of fused-ring (bicyclic) bond motifs is 1. The summed E-state index contributed by atoms with van der Waals surface area (Å²) in [5.74, 6) is -2.69. The Morgan fingerprint density at radius 2 is 1.91 bits per heavy atom. The van der Waals surface area contributed by atoms with E-state index >= 15 is 0 Å². The van der Waals surface area contributed by atoms with Crippen molar-refractivity contribution in [2.24, 2.45) is 0 Å². The number of hydrogen-bond acceptors (Lipinski definition) is 4. The molecule has 1 aromatic heterocycles. The molecule has 1 aliphatic heterocycles. The van der Waals surface area contributed by atoms with Crippen LogP contribution in [0.1, 0.15) is 33.2 Å². The Morgan fingerprint density at radius 1 is 1.21 bits per heavy atom. The number of aromatic amines is 1. The van der Waals surface area contributed by atoms with Crippen molar-refractivity contribution in [1.82, 2.24) is 15.2 Å². The Kier molecular flexibility index (Phi) is 5.99. The predicted octanol–water partition coefficient (Wildman–Crippen LogP) is 4.20. The Labute approximate surface area is 187 Å². The highest BCUT2D eigenvalue weighted by Gasteiger charge is 2.38. The van der Waals surface area contributed by atoms with E-state index in [1.54, 1.807) is 0 Å². The van der Waals surface area contributed by atoms with Crippen LogP contribution in [0.15, 0.2) is 60.4 Å².